The topological polar surface area (TPSA) is 26.7 Å². The van der Waals surface area contributed by atoms with E-state index in [9.17, 15) is 5.11 Å². The fraction of sp³-hybridized carbons (Fsp3) is 0.600. The summed E-state index contributed by atoms with van der Waals surface area (Å²) < 4.78 is 0. The molecule has 2 fully saturated rings. The number of nitrogens with zero attached hydrogens (tertiary/aromatic N) is 2. The molecule has 4 heteroatoms. The zero-order valence-corrected chi connectivity index (χ0v) is 11.9. The summed E-state index contributed by atoms with van der Waals surface area (Å²) in [5.41, 5.74) is 1.25. The number of benzene rings is 1. The number of aliphatic hydroxyl groups is 1. The van der Waals surface area contributed by atoms with E-state index in [1.807, 2.05) is 12.1 Å². The van der Waals surface area contributed by atoms with Crippen molar-refractivity contribution in [2.24, 2.45) is 0 Å². The van der Waals surface area contributed by atoms with Crippen molar-refractivity contribution in [3.63, 3.8) is 0 Å². The van der Waals surface area contributed by atoms with Gasteiger partial charge in [0.2, 0.25) is 0 Å². The molecule has 2 atom stereocenters. The third-order valence-corrected chi connectivity index (χ3v) is 4.67. The molecule has 0 aromatic heterocycles. The molecule has 1 saturated heterocycles. The minimum absolute atomic E-state index is 0.109. The third kappa shape index (κ3) is 2.88. The van der Waals surface area contributed by atoms with E-state index in [2.05, 4.69) is 21.9 Å². The van der Waals surface area contributed by atoms with E-state index in [-0.39, 0.29) is 6.10 Å². The number of rotatable bonds is 2. The first-order valence-corrected chi connectivity index (χ1v) is 7.54. The van der Waals surface area contributed by atoms with E-state index < -0.39 is 0 Å². The highest BCUT2D eigenvalue weighted by molar-refractivity contribution is 6.30. The monoisotopic (exact) mass is 280 g/mol. The molecule has 1 aromatic rings. The largest absolute Gasteiger partial charge is 0.391 e. The Balaban J connectivity index is 1.58. The Hall–Kier alpha value is -0.770. The van der Waals surface area contributed by atoms with Gasteiger partial charge in [0.15, 0.2) is 0 Å². The van der Waals surface area contributed by atoms with E-state index in [0.717, 1.165) is 44.0 Å². The Kier molecular flexibility index (Phi) is 3.96. The Morgan fingerprint density at radius 2 is 1.68 bits per heavy atom. The van der Waals surface area contributed by atoms with Gasteiger partial charge in [-0.1, -0.05) is 11.6 Å². The van der Waals surface area contributed by atoms with Gasteiger partial charge in [-0.3, -0.25) is 4.90 Å². The second-order valence-electron chi connectivity index (χ2n) is 5.57. The number of halogens is 1. The smallest absolute Gasteiger partial charge is 0.0695 e. The molecule has 0 radical (unpaired) electrons. The highest BCUT2D eigenvalue weighted by atomic mass is 35.5. The fourth-order valence-electron chi connectivity index (χ4n) is 3.31. The van der Waals surface area contributed by atoms with Gasteiger partial charge in [-0.25, -0.2) is 0 Å². The van der Waals surface area contributed by atoms with Crippen LogP contribution >= 0.6 is 11.6 Å². The van der Waals surface area contributed by atoms with E-state index in [1.165, 1.54) is 12.1 Å². The maximum atomic E-state index is 9.98. The molecule has 1 saturated carbocycles. The summed E-state index contributed by atoms with van der Waals surface area (Å²) >= 11 is 5.92. The summed E-state index contributed by atoms with van der Waals surface area (Å²) in [6.45, 7) is 4.16. The number of hydrogen-bond acceptors (Lipinski definition) is 3. The van der Waals surface area contributed by atoms with Gasteiger partial charge in [0.1, 0.15) is 0 Å². The Labute approximate surface area is 119 Å². The molecule has 0 spiro atoms. The summed E-state index contributed by atoms with van der Waals surface area (Å²) in [7, 11) is 0. The van der Waals surface area contributed by atoms with E-state index >= 15 is 0 Å². The van der Waals surface area contributed by atoms with Crippen LogP contribution in [0.5, 0.6) is 0 Å². The normalized spacial score (nSPS) is 28.8. The Bertz CT molecular complexity index is 415. The molecule has 2 aliphatic rings. The molecule has 19 heavy (non-hydrogen) atoms. The molecule has 2 unspecified atom stereocenters. The highest BCUT2D eigenvalue weighted by Crippen LogP contribution is 2.26. The lowest BCUT2D eigenvalue weighted by molar-refractivity contribution is 0.0671. The van der Waals surface area contributed by atoms with Gasteiger partial charge in [-0.15, -0.1) is 0 Å². The van der Waals surface area contributed by atoms with Gasteiger partial charge in [0.25, 0.3) is 0 Å². The van der Waals surface area contributed by atoms with Crippen LogP contribution in [0.3, 0.4) is 0 Å². The van der Waals surface area contributed by atoms with Gasteiger partial charge in [-0.2, -0.15) is 0 Å². The van der Waals surface area contributed by atoms with Crippen molar-refractivity contribution < 1.29 is 5.11 Å². The third-order valence-electron chi connectivity index (χ3n) is 4.42. The second-order valence-corrected chi connectivity index (χ2v) is 6.00. The van der Waals surface area contributed by atoms with Crippen LogP contribution in [-0.2, 0) is 0 Å². The van der Waals surface area contributed by atoms with Crippen molar-refractivity contribution in [2.75, 3.05) is 31.1 Å². The number of aliphatic hydroxyl groups excluding tert-OH is 1. The Morgan fingerprint density at radius 1 is 1.00 bits per heavy atom. The molecule has 1 N–H and O–H groups in total. The quantitative estimate of drug-likeness (QED) is 0.901. The molecular weight excluding hydrogens is 260 g/mol. The maximum absolute atomic E-state index is 9.98. The van der Waals surface area contributed by atoms with Gasteiger partial charge in [0, 0.05) is 42.9 Å². The molecular formula is C15H21ClN2O. The van der Waals surface area contributed by atoms with Crippen LogP contribution in [0.2, 0.25) is 5.02 Å². The lowest BCUT2D eigenvalue weighted by Gasteiger charge is -2.40. The molecule has 0 amide bonds. The van der Waals surface area contributed by atoms with Crippen LogP contribution in [0, 0.1) is 0 Å². The van der Waals surface area contributed by atoms with Crippen LogP contribution in [-0.4, -0.2) is 48.3 Å². The molecule has 3 nitrogen and oxygen atoms in total. The van der Waals surface area contributed by atoms with Crippen molar-refractivity contribution in [2.45, 2.75) is 31.4 Å². The first kappa shape index (κ1) is 13.2. The number of anilines is 1. The minimum Gasteiger partial charge on any atom is -0.391 e. The molecule has 1 aliphatic heterocycles. The molecule has 3 rings (SSSR count). The molecule has 104 valence electrons. The average Bonchev–Trinajstić information content (AvgIpc) is 2.86. The van der Waals surface area contributed by atoms with Gasteiger partial charge >= 0.3 is 0 Å². The van der Waals surface area contributed by atoms with Crippen LogP contribution in [0.25, 0.3) is 0 Å². The average molecular weight is 281 g/mol. The lowest BCUT2D eigenvalue weighted by Crippen LogP contribution is -2.52. The van der Waals surface area contributed by atoms with Crippen molar-refractivity contribution in [1.82, 2.24) is 4.90 Å². The summed E-state index contributed by atoms with van der Waals surface area (Å²) in [5, 5.41) is 10.8. The minimum atomic E-state index is -0.109. The van der Waals surface area contributed by atoms with Crippen molar-refractivity contribution in [3.8, 4) is 0 Å². The zero-order chi connectivity index (χ0) is 13.2. The Morgan fingerprint density at radius 3 is 2.26 bits per heavy atom. The van der Waals surface area contributed by atoms with Crippen molar-refractivity contribution >= 4 is 17.3 Å². The van der Waals surface area contributed by atoms with Gasteiger partial charge in [0.05, 0.1) is 6.10 Å². The zero-order valence-electron chi connectivity index (χ0n) is 11.1. The van der Waals surface area contributed by atoms with E-state index in [4.69, 9.17) is 11.6 Å². The summed E-state index contributed by atoms with van der Waals surface area (Å²) in [4.78, 5) is 4.86. The first-order valence-electron chi connectivity index (χ1n) is 7.17. The molecule has 0 bridgehead atoms. The van der Waals surface area contributed by atoms with Crippen molar-refractivity contribution in [1.29, 1.82) is 0 Å². The molecule has 1 heterocycles. The number of piperazine rings is 1. The highest BCUT2D eigenvalue weighted by Gasteiger charge is 2.32. The van der Waals surface area contributed by atoms with E-state index in [1.54, 1.807) is 0 Å². The number of hydrogen-bond donors (Lipinski definition) is 1. The van der Waals surface area contributed by atoms with Gasteiger partial charge in [-0.05, 0) is 43.5 Å². The first-order chi connectivity index (χ1) is 9.24. The lowest BCUT2D eigenvalue weighted by atomic mass is 10.1. The standard InChI is InChI=1S/C15H21ClN2O/c16-12-4-6-13(7-5-12)17-8-10-18(11-9-17)14-2-1-3-15(14)19/h4-7,14-15,19H,1-3,8-11H2. The predicted octanol–water partition coefficient (Wildman–Crippen LogP) is 2.38. The molecule has 1 aliphatic carbocycles. The van der Waals surface area contributed by atoms with Crippen LogP contribution < -0.4 is 4.90 Å². The maximum Gasteiger partial charge on any atom is 0.0695 e. The predicted molar refractivity (Wildman–Crippen MR) is 78.9 cm³/mol. The SMILES string of the molecule is OC1CCCC1N1CCN(c2ccc(Cl)cc2)CC1. The van der Waals surface area contributed by atoms with Crippen LogP contribution in [0.4, 0.5) is 5.69 Å². The van der Waals surface area contributed by atoms with Gasteiger partial charge < -0.3 is 10.0 Å². The van der Waals surface area contributed by atoms with Crippen LogP contribution in [0.15, 0.2) is 24.3 Å². The summed E-state index contributed by atoms with van der Waals surface area (Å²) in [5.74, 6) is 0. The van der Waals surface area contributed by atoms with E-state index in [0.29, 0.717) is 6.04 Å². The molecule has 1 aromatic carbocycles. The second kappa shape index (κ2) is 5.70. The summed E-state index contributed by atoms with van der Waals surface area (Å²) in [6, 6.07) is 8.46. The fourth-order valence-corrected chi connectivity index (χ4v) is 3.44. The summed E-state index contributed by atoms with van der Waals surface area (Å²) in [6.07, 6.45) is 3.19. The van der Waals surface area contributed by atoms with Crippen molar-refractivity contribution in [3.05, 3.63) is 29.3 Å². The van der Waals surface area contributed by atoms with Crippen LogP contribution in [0.1, 0.15) is 19.3 Å².